The molecule has 2 atom stereocenters. The van der Waals surface area contributed by atoms with Gasteiger partial charge in [-0.1, -0.05) is 42.1 Å². The maximum atomic E-state index is 4.59. The molecule has 3 rings (SSSR count). The number of likely N-dealkylation sites (tertiary alicyclic amines) is 1. The van der Waals surface area contributed by atoms with E-state index in [0.29, 0.717) is 12.1 Å². The quantitative estimate of drug-likeness (QED) is 0.930. The first-order valence-electron chi connectivity index (χ1n) is 8.03. The van der Waals surface area contributed by atoms with Crippen molar-refractivity contribution in [2.75, 3.05) is 18.8 Å². The van der Waals surface area contributed by atoms with Crippen LogP contribution in [0, 0.1) is 0 Å². The molecule has 2 unspecified atom stereocenters. The third kappa shape index (κ3) is 4.24. The Morgan fingerprint density at radius 3 is 2.90 bits per heavy atom. The summed E-state index contributed by atoms with van der Waals surface area (Å²) in [6.45, 7) is 5.60. The number of nitrogens with zero attached hydrogens (tertiary/aromatic N) is 2. The van der Waals surface area contributed by atoms with Crippen molar-refractivity contribution >= 4 is 16.9 Å². The smallest absolute Gasteiger partial charge is 0.156 e. The van der Waals surface area contributed by atoms with E-state index in [-0.39, 0.29) is 0 Å². The largest absolute Gasteiger partial charge is 0.362 e. The first-order valence-corrected chi connectivity index (χ1v) is 9.01. The van der Waals surface area contributed by atoms with Crippen molar-refractivity contribution in [2.24, 2.45) is 4.99 Å². The summed E-state index contributed by atoms with van der Waals surface area (Å²) in [4.78, 5) is 7.19. The van der Waals surface area contributed by atoms with Crippen LogP contribution in [0.3, 0.4) is 0 Å². The van der Waals surface area contributed by atoms with Crippen LogP contribution in [-0.2, 0) is 6.54 Å². The number of amidine groups is 1. The Kier molecular flexibility index (Phi) is 5.20. The fourth-order valence-corrected chi connectivity index (χ4v) is 4.03. The zero-order valence-electron chi connectivity index (χ0n) is 12.8. The molecule has 2 aliphatic heterocycles. The highest BCUT2D eigenvalue weighted by molar-refractivity contribution is 8.13. The molecule has 1 aromatic carbocycles. The molecule has 0 bridgehead atoms. The second-order valence-corrected chi connectivity index (χ2v) is 7.14. The van der Waals surface area contributed by atoms with Crippen molar-refractivity contribution in [3.8, 4) is 0 Å². The summed E-state index contributed by atoms with van der Waals surface area (Å²) < 4.78 is 0. The summed E-state index contributed by atoms with van der Waals surface area (Å²) in [5, 5.41) is 4.83. The lowest BCUT2D eigenvalue weighted by atomic mass is 9.98. The molecule has 21 heavy (non-hydrogen) atoms. The molecule has 0 aliphatic carbocycles. The van der Waals surface area contributed by atoms with E-state index in [4.69, 9.17) is 0 Å². The number of thioether (sulfide) groups is 1. The zero-order chi connectivity index (χ0) is 14.5. The highest BCUT2D eigenvalue weighted by atomic mass is 32.2. The van der Waals surface area contributed by atoms with Gasteiger partial charge in [0.1, 0.15) is 0 Å². The summed E-state index contributed by atoms with van der Waals surface area (Å²) >= 11 is 1.89. The number of hydrogen-bond acceptors (Lipinski definition) is 4. The van der Waals surface area contributed by atoms with Gasteiger partial charge >= 0.3 is 0 Å². The number of benzene rings is 1. The molecule has 0 radical (unpaired) electrons. The molecular weight excluding hydrogens is 278 g/mol. The van der Waals surface area contributed by atoms with Gasteiger partial charge in [0.2, 0.25) is 0 Å². The Morgan fingerprint density at radius 2 is 2.19 bits per heavy atom. The monoisotopic (exact) mass is 303 g/mol. The van der Waals surface area contributed by atoms with E-state index in [1.165, 1.54) is 42.3 Å². The van der Waals surface area contributed by atoms with Crippen LogP contribution in [0.15, 0.2) is 35.3 Å². The van der Waals surface area contributed by atoms with Crippen molar-refractivity contribution in [2.45, 2.75) is 44.8 Å². The minimum absolute atomic E-state index is 0.594. The van der Waals surface area contributed by atoms with E-state index >= 15 is 0 Å². The summed E-state index contributed by atoms with van der Waals surface area (Å²) in [5.74, 6) is 1.22. The highest BCUT2D eigenvalue weighted by Gasteiger charge is 2.26. The molecule has 0 spiro atoms. The third-order valence-corrected chi connectivity index (χ3v) is 5.38. The molecular formula is C17H25N3S. The minimum Gasteiger partial charge on any atom is -0.362 e. The molecule has 1 fully saturated rings. The van der Waals surface area contributed by atoms with Crippen LogP contribution < -0.4 is 5.32 Å². The van der Waals surface area contributed by atoms with Crippen LogP contribution >= 0.6 is 11.8 Å². The Bertz CT molecular complexity index is 474. The molecule has 0 saturated carbocycles. The lowest BCUT2D eigenvalue weighted by Crippen LogP contribution is -2.48. The van der Waals surface area contributed by atoms with E-state index in [1.807, 2.05) is 11.8 Å². The topological polar surface area (TPSA) is 27.6 Å². The van der Waals surface area contributed by atoms with E-state index in [0.717, 1.165) is 13.1 Å². The maximum absolute atomic E-state index is 4.59. The van der Waals surface area contributed by atoms with E-state index in [2.05, 4.69) is 52.5 Å². The summed E-state index contributed by atoms with van der Waals surface area (Å²) in [7, 11) is 0. The van der Waals surface area contributed by atoms with Crippen LogP contribution in [0.4, 0.5) is 0 Å². The first-order chi connectivity index (χ1) is 10.3. The van der Waals surface area contributed by atoms with Gasteiger partial charge in [0.15, 0.2) is 5.17 Å². The van der Waals surface area contributed by atoms with Gasteiger partial charge in [-0.25, -0.2) is 0 Å². The van der Waals surface area contributed by atoms with Gasteiger partial charge in [0.05, 0.1) is 0 Å². The van der Waals surface area contributed by atoms with Crippen molar-refractivity contribution in [1.29, 1.82) is 0 Å². The van der Waals surface area contributed by atoms with E-state index in [1.54, 1.807) is 0 Å². The van der Waals surface area contributed by atoms with Crippen LogP contribution in [0.1, 0.15) is 31.7 Å². The van der Waals surface area contributed by atoms with Gasteiger partial charge in [-0.15, -0.1) is 0 Å². The first kappa shape index (κ1) is 14.9. The molecule has 3 nitrogen and oxygen atoms in total. The normalized spacial score (nSPS) is 27.2. The van der Waals surface area contributed by atoms with E-state index < -0.39 is 0 Å². The number of aliphatic imine (C=N–C) groups is 1. The molecule has 2 aliphatic rings. The van der Waals surface area contributed by atoms with Crippen LogP contribution in [0.25, 0.3) is 0 Å². The molecule has 1 N–H and O–H groups in total. The zero-order valence-corrected chi connectivity index (χ0v) is 13.6. The van der Waals surface area contributed by atoms with Crippen molar-refractivity contribution < 1.29 is 0 Å². The van der Waals surface area contributed by atoms with Gasteiger partial charge in [-0.3, -0.25) is 9.89 Å². The maximum Gasteiger partial charge on any atom is 0.156 e. The predicted octanol–water partition coefficient (Wildman–Crippen LogP) is 3.12. The van der Waals surface area contributed by atoms with Crippen LogP contribution in [0.5, 0.6) is 0 Å². The average Bonchev–Trinajstić information content (AvgIpc) is 2.52. The van der Waals surface area contributed by atoms with Gasteiger partial charge in [-0.2, -0.15) is 0 Å². The van der Waals surface area contributed by atoms with Gasteiger partial charge in [0, 0.05) is 37.5 Å². The van der Waals surface area contributed by atoms with Crippen molar-refractivity contribution in [3.05, 3.63) is 35.9 Å². The molecule has 0 amide bonds. The number of nitrogens with one attached hydrogen (secondary N) is 1. The van der Waals surface area contributed by atoms with Crippen molar-refractivity contribution in [1.82, 2.24) is 10.2 Å². The Labute approximate surface area is 132 Å². The lowest BCUT2D eigenvalue weighted by Gasteiger charge is -2.38. The molecule has 1 aromatic rings. The molecule has 0 aromatic heterocycles. The second kappa shape index (κ2) is 7.32. The lowest BCUT2D eigenvalue weighted by molar-refractivity contribution is 0.135. The van der Waals surface area contributed by atoms with Crippen LogP contribution in [0.2, 0.25) is 0 Å². The molecule has 2 heterocycles. The van der Waals surface area contributed by atoms with Gasteiger partial charge < -0.3 is 5.32 Å². The minimum atomic E-state index is 0.594. The SMILES string of the molecule is CC1CC(NC2=NCCCS2)CCN1Cc1ccccc1. The van der Waals surface area contributed by atoms with Gasteiger partial charge in [-0.05, 0) is 31.7 Å². The third-order valence-electron chi connectivity index (χ3n) is 4.37. The molecule has 1 saturated heterocycles. The average molecular weight is 303 g/mol. The summed E-state index contributed by atoms with van der Waals surface area (Å²) in [5.41, 5.74) is 1.42. The molecule has 114 valence electrons. The summed E-state index contributed by atoms with van der Waals surface area (Å²) in [6, 6.07) is 12.0. The number of piperidine rings is 1. The number of hydrogen-bond donors (Lipinski definition) is 1. The Hall–Kier alpha value is -1.00. The van der Waals surface area contributed by atoms with Gasteiger partial charge in [0.25, 0.3) is 0 Å². The van der Waals surface area contributed by atoms with E-state index in [9.17, 15) is 0 Å². The van der Waals surface area contributed by atoms with Crippen molar-refractivity contribution in [3.63, 3.8) is 0 Å². The predicted molar refractivity (Wildman–Crippen MR) is 91.8 cm³/mol. The number of rotatable bonds is 3. The second-order valence-electron chi connectivity index (χ2n) is 6.06. The Morgan fingerprint density at radius 1 is 1.33 bits per heavy atom. The highest BCUT2D eigenvalue weighted by Crippen LogP contribution is 2.21. The van der Waals surface area contributed by atoms with Crippen LogP contribution in [-0.4, -0.2) is 41.0 Å². The fourth-order valence-electron chi connectivity index (χ4n) is 3.13. The molecule has 4 heteroatoms. The summed E-state index contributed by atoms with van der Waals surface area (Å²) in [6.07, 6.45) is 3.66. The Balaban J connectivity index is 1.51. The standard InChI is InChI=1S/C17H25N3S/c1-14-12-16(19-17-18-9-5-11-21-17)8-10-20(14)13-15-6-3-2-4-7-15/h2-4,6-7,14,16H,5,8-13H2,1H3,(H,18,19). The fraction of sp³-hybridized carbons (Fsp3) is 0.588.